The van der Waals surface area contributed by atoms with Crippen molar-refractivity contribution in [3.63, 3.8) is 0 Å². The number of esters is 1. The summed E-state index contributed by atoms with van der Waals surface area (Å²) in [6.45, 7) is 2.73. The minimum absolute atomic E-state index is 0.140. The van der Waals surface area contributed by atoms with Gasteiger partial charge in [-0.1, -0.05) is 69.1 Å². The Labute approximate surface area is 196 Å². The third-order valence-electron chi connectivity index (χ3n) is 4.97. The molecule has 0 spiro atoms. The number of hydrogen-bond donors (Lipinski definition) is 1. The van der Waals surface area contributed by atoms with E-state index in [2.05, 4.69) is 43.4 Å². The highest BCUT2D eigenvalue weighted by molar-refractivity contribution is 5.71. The van der Waals surface area contributed by atoms with Crippen LogP contribution in [0.5, 0.6) is 0 Å². The topological polar surface area (TPSA) is 63.6 Å². The number of carbonyl (C=O) groups excluding carboxylic acids is 1. The second kappa shape index (κ2) is 19.8. The van der Waals surface area contributed by atoms with Gasteiger partial charge in [-0.2, -0.15) is 0 Å². The first kappa shape index (κ1) is 30.1. The molecule has 1 atom stereocenters. The molecule has 0 amide bonds. The molecule has 0 aliphatic heterocycles. The maximum absolute atomic E-state index is 12.0. The molecule has 0 aromatic heterocycles. The Morgan fingerprint density at radius 1 is 0.812 bits per heavy atom. The molecule has 0 aliphatic rings. The van der Waals surface area contributed by atoms with Gasteiger partial charge < -0.3 is 14.3 Å². The number of carboxylic acid groups (broad SMARTS) is 1. The number of quaternary nitrogens is 1. The molecule has 0 radical (unpaired) electrons. The Balaban J connectivity index is 3.74. The van der Waals surface area contributed by atoms with E-state index < -0.39 is 12.1 Å². The molecular weight excluding hydrogens is 402 g/mol. The molecular formula is C27H48NO4+. The molecule has 5 nitrogen and oxygen atoms in total. The zero-order valence-electron chi connectivity index (χ0n) is 21.1. The molecule has 0 aromatic rings. The van der Waals surface area contributed by atoms with Crippen molar-refractivity contribution in [1.29, 1.82) is 0 Å². The smallest absolute Gasteiger partial charge is 0.307 e. The molecule has 0 unspecified atom stereocenters. The van der Waals surface area contributed by atoms with Gasteiger partial charge in [0, 0.05) is 6.42 Å². The van der Waals surface area contributed by atoms with Crippen LogP contribution in [0.25, 0.3) is 0 Å². The van der Waals surface area contributed by atoms with Crippen LogP contribution in [0.1, 0.15) is 90.4 Å². The minimum atomic E-state index is -0.936. The lowest BCUT2D eigenvalue weighted by Crippen LogP contribution is -2.43. The zero-order chi connectivity index (χ0) is 24.1. The average molecular weight is 451 g/mol. The summed E-state index contributed by atoms with van der Waals surface area (Å²) in [6, 6.07) is 0. The molecule has 0 bridgehead atoms. The Morgan fingerprint density at radius 2 is 1.34 bits per heavy atom. The molecule has 0 saturated carbocycles. The maximum atomic E-state index is 12.0. The third-order valence-corrected chi connectivity index (χ3v) is 4.97. The number of aliphatic carboxylic acids is 1. The predicted octanol–water partition coefficient (Wildman–Crippen LogP) is 6.45. The Morgan fingerprint density at radius 3 is 1.88 bits per heavy atom. The molecule has 0 saturated heterocycles. The first-order valence-electron chi connectivity index (χ1n) is 12.4. The van der Waals surface area contributed by atoms with E-state index in [1.54, 1.807) is 0 Å². The van der Waals surface area contributed by atoms with E-state index in [0.717, 1.165) is 44.9 Å². The SMILES string of the molecule is CCCCC/C=C\C/C=C\C/C=C\CCCCCCC(=O)O[C@H](CC(=O)O)C[N+](C)(C)C. The molecule has 1 N–H and O–H groups in total. The van der Waals surface area contributed by atoms with E-state index in [-0.39, 0.29) is 12.4 Å². The third kappa shape index (κ3) is 22.8. The lowest BCUT2D eigenvalue weighted by molar-refractivity contribution is -0.873. The number of carboxylic acids is 1. The Bertz CT molecular complexity index is 573. The van der Waals surface area contributed by atoms with Crippen LogP contribution in [0.15, 0.2) is 36.5 Å². The highest BCUT2D eigenvalue weighted by atomic mass is 16.5. The number of carbonyl (C=O) groups is 2. The fourth-order valence-electron chi connectivity index (χ4n) is 3.37. The second-order valence-corrected chi connectivity index (χ2v) is 9.52. The van der Waals surface area contributed by atoms with Gasteiger partial charge in [-0.25, -0.2) is 0 Å². The highest BCUT2D eigenvalue weighted by Gasteiger charge is 2.24. The van der Waals surface area contributed by atoms with Crippen molar-refractivity contribution in [2.75, 3.05) is 27.7 Å². The van der Waals surface area contributed by atoms with E-state index in [9.17, 15) is 9.59 Å². The average Bonchev–Trinajstić information content (AvgIpc) is 2.68. The lowest BCUT2D eigenvalue weighted by atomic mass is 10.1. The maximum Gasteiger partial charge on any atom is 0.307 e. The molecule has 0 aliphatic carbocycles. The van der Waals surface area contributed by atoms with Crippen molar-refractivity contribution in [2.24, 2.45) is 0 Å². The van der Waals surface area contributed by atoms with Crippen molar-refractivity contribution in [1.82, 2.24) is 0 Å². The van der Waals surface area contributed by atoms with Gasteiger partial charge in [-0.15, -0.1) is 0 Å². The Kier molecular flexibility index (Phi) is 18.6. The monoisotopic (exact) mass is 450 g/mol. The van der Waals surface area contributed by atoms with Crippen LogP contribution in [-0.2, 0) is 14.3 Å². The van der Waals surface area contributed by atoms with Gasteiger partial charge >= 0.3 is 11.9 Å². The van der Waals surface area contributed by atoms with Crippen LogP contribution < -0.4 is 0 Å². The molecule has 0 fully saturated rings. The van der Waals surface area contributed by atoms with Gasteiger partial charge in [-0.3, -0.25) is 9.59 Å². The number of ether oxygens (including phenoxy) is 1. The van der Waals surface area contributed by atoms with Crippen molar-refractivity contribution < 1.29 is 23.9 Å². The molecule has 0 heterocycles. The van der Waals surface area contributed by atoms with Gasteiger partial charge in [0.25, 0.3) is 0 Å². The van der Waals surface area contributed by atoms with Crippen LogP contribution in [0.2, 0.25) is 0 Å². The van der Waals surface area contributed by atoms with E-state index >= 15 is 0 Å². The van der Waals surface area contributed by atoms with Crippen LogP contribution in [0.3, 0.4) is 0 Å². The van der Waals surface area contributed by atoms with Gasteiger partial charge in [0.2, 0.25) is 0 Å². The number of unbranched alkanes of at least 4 members (excludes halogenated alkanes) is 7. The Hall–Kier alpha value is -1.88. The zero-order valence-corrected chi connectivity index (χ0v) is 21.1. The molecule has 5 heteroatoms. The van der Waals surface area contributed by atoms with Gasteiger partial charge in [0.05, 0.1) is 27.6 Å². The van der Waals surface area contributed by atoms with Gasteiger partial charge in [0.15, 0.2) is 6.10 Å². The fourth-order valence-corrected chi connectivity index (χ4v) is 3.37. The number of hydrogen-bond acceptors (Lipinski definition) is 3. The summed E-state index contributed by atoms with van der Waals surface area (Å²) < 4.78 is 5.97. The van der Waals surface area contributed by atoms with E-state index in [0.29, 0.717) is 17.4 Å². The van der Waals surface area contributed by atoms with Crippen molar-refractivity contribution in [2.45, 2.75) is 96.5 Å². The van der Waals surface area contributed by atoms with Gasteiger partial charge in [-0.05, 0) is 44.9 Å². The minimum Gasteiger partial charge on any atom is -0.481 e. The van der Waals surface area contributed by atoms with E-state index in [1.165, 1.54) is 25.7 Å². The van der Waals surface area contributed by atoms with Crippen molar-refractivity contribution in [3.8, 4) is 0 Å². The van der Waals surface area contributed by atoms with Crippen LogP contribution in [0.4, 0.5) is 0 Å². The highest BCUT2D eigenvalue weighted by Crippen LogP contribution is 2.10. The largest absolute Gasteiger partial charge is 0.481 e. The normalized spacial score (nSPS) is 13.4. The standard InChI is InChI=1S/C27H47NO4/c1-5-6-7-8-9-10-11-12-13-14-15-16-17-18-19-20-21-22-27(31)32-25(23-26(29)30)24-28(2,3)4/h9-10,12-13,15-16,25H,5-8,11,14,17-24H2,1-4H3/p+1/b10-9-,13-12-,16-15-/t25-/m1/s1. The molecule has 32 heavy (non-hydrogen) atoms. The summed E-state index contributed by atoms with van der Waals surface area (Å²) >= 11 is 0. The first-order chi connectivity index (χ1) is 15.2. The number of allylic oxidation sites excluding steroid dienone is 6. The summed E-state index contributed by atoms with van der Waals surface area (Å²) in [6.07, 6.45) is 25.3. The summed E-state index contributed by atoms with van der Waals surface area (Å²) in [5.41, 5.74) is 0. The molecule has 184 valence electrons. The lowest BCUT2D eigenvalue weighted by Gasteiger charge is -2.28. The van der Waals surface area contributed by atoms with Crippen LogP contribution in [0, 0.1) is 0 Å². The molecule has 0 aromatic carbocycles. The van der Waals surface area contributed by atoms with Crippen molar-refractivity contribution in [3.05, 3.63) is 36.5 Å². The first-order valence-corrected chi connectivity index (χ1v) is 12.4. The quantitative estimate of drug-likeness (QED) is 0.100. The fraction of sp³-hybridized carbons (Fsp3) is 0.704. The second-order valence-electron chi connectivity index (χ2n) is 9.52. The van der Waals surface area contributed by atoms with Crippen LogP contribution >= 0.6 is 0 Å². The number of nitrogens with zero attached hydrogens (tertiary/aromatic N) is 1. The van der Waals surface area contributed by atoms with Crippen LogP contribution in [-0.4, -0.2) is 55.3 Å². The van der Waals surface area contributed by atoms with E-state index in [1.807, 2.05) is 21.1 Å². The number of rotatable bonds is 20. The number of likely N-dealkylation sites (N-methyl/N-ethyl adjacent to an activating group) is 1. The van der Waals surface area contributed by atoms with Gasteiger partial charge in [0.1, 0.15) is 6.54 Å². The summed E-state index contributed by atoms with van der Waals surface area (Å²) in [5, 5.41) is 9.02. The summed E-state index contributed by atoms with van der Waals surface area (Å²) in [5.74, 6) is -1.22. The summed E-state index contributed by atoms with van der Waals surface area (Å²) in [7, 11) is 5.88. The summed E-state index contributed by atoms with van der Waals surface area (Å²) in [4.78, 5) is 23.0. The van der Waals surface area contributed by atoms with E-state index in [4.69, 9.17) is 9.84 Å². The van der Waals surface area contributed by atoms with Crippen molar-refractivity contribution >= 4 is 11.9 Å². The predicted molar refractivity (Wildman–Crippen MR) is 134 cm³/mol. The molecule has 0 rings (SSSR count).